The van der Waals surface area contributed by atoms with Crippen LogP contribution in [0.5, 0.6) is 0 Å². The van der Waals surface area contributed by atoms with Crippen LogP contribution in [0.15, 0.2) is 0 Å². The Bertz CT molecular complexity index is 298. The topological polar surface area (TPSA) is 32.3 Å². The Kier molecular flexibility index (Phi) is 5.35. The van der Waals surface area contributed by atoms with Crippen molar-refractivity contribution in [2.24, 2.45) is 5.92 Å². The van der Waals surface area contributed by atoms with E-state index in [2.05, 4.69) is 5.32 Å². The molecule has 0 aromatic carbocycles. The average molecular weight is 293 g/mol. The Morgan fingerprint density at radius 2 is 1.55 bits per heavy atom. The molecule has 2 nitrogen and oxygen atoms in total. The maximum atomic E-state index is 13.0. The zero-order valence-electron chi connectivity index (χ0n) is 12.0. The van der Waals surface area contributed by atoms with E-state index in [-0.39, 0.29) is 6.42 Å². The summed E-state index contributed by atoms with van der Waals surface area (Å²) in [6.45, 7) is 0.310. The molecule has 118 valence electrons. The second kappa shape index (κ2) is 6.65. The third-order valence-electron chi connectivity index (χ3n) is 4.91. The van der Waals surface area contributed by atoms with Crippen LogP contribution in [0.2, 0.25) is 0 Å². The maximum Gasteiger partial charge on any atom is 0.393 e. The lowest BCUT2D eigenvalue weighted by molar-refractivity contribution is -0.189. The molecule has 0 aliphatic heterocycles. The molecule has 2 unspecified atom stereocenters. The third kappa shape index (κ3) is 4.35. The van der Waals surface area contributed by atoms with E-state index in [1.165, 1.54) is 0 Å². The van der Waals surface area contributed by atoms with Crippen molar-refractivity contribution in [2.45, 2.75) is 82.0 Å². The Hall–Kier alpha value is -0.290. The van der Waals surface area contributed by atoms with E-state index >= 15 is 0 Å². The first-order valence-electron chi connectivity index (χ1n) is 7.93. The van der Waals surface area contributed by atoms with Gasteiger partial charge in [-0.15, -0.1) is 0 Å². The van der Waals surface area contributed by atoms with Gasteiger partial charge >= 0.3 is 6.18 Å². The van der Waals surface area contributed by atoms with Crippen LogP contribution >= 0.6 is 0 Å². The van der Waals surface area contributed by atoms with Crippen LogP contribution in [0.25, 0.3) is 0 Å². The first-order valence-corrected chi connectivity index (χ1v) is 7.93. The summed E-state index contributed by atoms with van der Waals surface area (Å²) in [5.74, 6) is -1.24. The van der Waals surface area contributed by atoms with Gasteiger partial charge in [-0.2, -0.15) is 13.2 Å². The molecule has 2 rings (SSSR count). The highest BCUT2D eigenvalue weighted by Crippen LogP contribution is 2.38. The van der Waals surface area contributed by atoms with E-state index in [1.807, 2.05) is 0 Å². The molecule has 0 aromatic heterocycles. The lowest BCUT2D eigenvalue weighted by Gasteiger charge is -2.36. The summed E-state index contributed by atoms with van der Waals surface area (Å²) in [7, 11) is 0. The molecule has 2 saturated carbocycles. The molecule has 2 N–H and O–H groups in total. The van der Waals surface area contributed by atoms with Crippen molar-refractivity contribution in [1.82, 2.24) is 5.32 Å². The standard InChI is InChI=1S/C15H26F3NO/c16-15(17,18)12-7-3-4-8-13(12)19-11-14(20)9-5-1-2-6-10-14/h12-13,19-20H,1-11H2. The molecule has 0 bridgehead atoms. The molecule has 5 heteroatoms. The molecule has 20 heavy (non-hydrogen) atoms. The number of hydrogen-bond acceptors (Lipinski definition) is 2. The second-order valence-corrected chi connectivity index (χ2v) is 6.56. The lowest BCUT2D eigenvalue weighted by Crippen LogP contribution is -2.50. The van der Waals surface area contributed by atoms with E-state index in [0.717, 1.165) is 32.1 Å². The van der Waals surface area contributed by atoms with Crippen LogP contribution in [0, 0.1) is 5.92 Å². The van der Waals surface area contributed by atoms with Crippen LogP contribution in [-0.2, 0) is 0 Å². The van der Waals surface area contributed by atoms with Crippen LogP contribution in [0.4, 0.5) is 13.2 Å². The highest BCUT2D eigenvalue weighted by Gasteiger charge is 2.45. The van der Waals surface area contributed by atoms with Crippen LogP contribution in [-0.4, -0.2) is 29.5 Å². The first kappa shape index (κ1) is 16.1. The van der Waals surface area contributed by atoms with Gasteiger partial charge in [-0.05, 0) is 25.7 Å². The number of aliphatic hydroxyl groups is 1. The van der Waals surface area contributed by atoms with Gasteiger partial charge in [0.15, 0.2) is 0 Å². The van der Waals surface area contributed by atoms with Gasteiger partial charge in [-0.25, -0.2) is 0 Å². The predicted octanol–water partition coefficient (Wildman–Crippen LogP) is 3.78. The van der Waals surface area contributed by atoms with Crippen molar-refractivity contribution >= 4 is 0 Å². The van der Waals surface area contributed by atoms with Gasteiger partial charge in [-0.3, -0.25) is 0 Å². The van der Waals surface area contributed by atoms with Crippen molar-refractivity contribution in [2.75, 3.05) is 6.54 Å². The number of hydrogen-bond donors (Lipinski definition) is 2. The van der Waals surface area contributed by atoms with Gasteiger partial charge < -0.3 is 10.4 Å². The zero-order valence-corrected chi connectivity index (χ0v) is 12.0. The fraction of sp³-hybridized carbons (Fsp3) is 1.00. The first-order chi connectivity index (χ1) is 9.41. The highest BCUT2D eigenvalue weighted by atomic mass is 19.4. The molecule has 0 aromatic rings. The molecular formula is C15H26F3NO. The van der Waals surface area contributed by atoms with E-state index in [0.29, 0.717) is 32.2 Å². The van der Waals surface area contributed by atoms with E-state index in [9.17, 15) is 18.3 Å². The van der Waals surface area contributed by atoms with Gasteiger partial charge in [0.05, 0.1) is 11.5 Å². The summed E-state index contributed by atoms with van der Waals surface area (Å²) in [6, 6.07) is -0.518. The summed E-state index contributed by atoms with van der Waals surface area (Å²) in [6.07, 6.45) is 3.80. The predicted molar refractivity (Wildman–Crippen MR) is 72.5 cm³/mol. The molecule has 0 amide bonds. The zero-order chi connectivity index (χ0) is 14.6. The minimum atomic E-state index is -4.12. The van der Waals surface area contributed by atoms with Gasteiger partial charge in [0.1, 0.15) is 0 Å². The van der Waals surface area contributed by atoms with Crippen LogP contribution in [0.3, 0.4) is 0 Å². The second-order valence-electron chi connectivity index (χ2n) is 6.56. The van der Waals surface area contributed by atoms with Crippen molar-refractivity contribution in [1.29, 1.82) is 0 Å². The number of alkyl halides is 3. The van der Waals surface area contributed by atoms with Crippen LogP contribution in [0.1, 0.15) is 64.2 Å². The SMILES string of the molecule is OC1(CNC2CCCCC2C(F)(F)F)CCCCCC1. The van der Waals surface area contributed by atoms with E-state index < -0.39 is 23.7 Å². The van der Waals surface area contributed by atoms with Crippen molar-refractivity contribution in [3.8, 4) is 0 Å². The summed E-state index contributed by atoms with van der Waals surface area (Å²) in [5.41, 5.74) is -0.801. The number of rotatable bonds is 3. The van der Waals surface area contributed by atoms with Crippen molar-refractivity contribution < 1.29 is 18.3 Å². The molecular weight excluding hydrogens is 267 g/mol. The van der Waals surface area contributed by atoms with Gasteiger partial charge in [0, 0.05) is 12.6 Å². The average Bonchev–Trinajstić information content (AvgIpc) is 2.61. The van der Waals surface area contributed by atoms with Gasteiger partial charge in [0.25, 0.3) is 0 Å². The van der Waals surface area contributed by atoms with E-state index in [1.54, 1.807) is 0 Å². The molecule has 2 aliphatic carbocycles. The van der Waals surface area contributed by atoms with Crippen molar-refractivity contribution in [3.05, 3.63) is 0 Å². The molecule has 0 radical (unpaired) electrons. The quantitative estimate of drug-likeness (QED) is 0.776. The Morgan fingerprint density at radius 1 is 0.950 bits per heavy atom. The maximum absolute atomic E-state index is 13.0. The fourth-order valence-corrected chi connectivity index (χ4v) is 3.65. The minimum Gasteiger partial charge on any atom is -0.389 e. The largest absolute Gasteiger partial charge is 0.393 e. The highest BCUT2D eigenvalue weighted by molar-refractivity contribution is 4.90. The molecule has 0 spiro atoms. The van der Waals surface area contributed by atoms with E-state index in [4.69, 9.17) is 0 Å². The summed E-state index contributed by atoms with van der Waals surface area (Å²) < 4.78 is 39.0. The summed E-state index contributed by atoms with van der Waals surface area (Å²) in [5, 5.41) is 13.6. The monoisotopic (exact) mass is 293 g/mol. The fourth-order valence-electron chi connectivity index (χ4n) is 3.65. The normalized spacial score (nSPS) is 31.8. The van der Waals surface area contributed by atoms with Crippen LogP contribution < -0.4 is 5.32 Å². The number of halogens is 3. The molecule has 0 heterocycles. The number of nitrogens with one attached hydrogen (secondary N) is 1. The van der Waals surface area contributed by atoms with Gasteiger partial charge in [0.2, 0.25) is 0 Å². The third-order valence-corrected chi connectivity index (χ3v) is 4.91. The van der Waals surface area contributed by atoms with Gasteiger partial charge in [-0.1, -0.05) is 38.5 Å². The minimum absolute atomic E-state index is 0.222. The molecule has 2 aliphatic rings. The summed E-state index contributed by atoms with van der Waals surface area (Å²) in [4.78, 5) is 0. The molecule has 2 fully saturated rings. The smallest absolute Gasteiger partial charge is 0.389 e. The summed E-state index contributed by atoms with van der Waals surface area (Å²) >= 11 is 0. The molecule has 2 atom stereocenters. The van der Waals surface area contributed by atoms with Crippen molar-refractivity contribution in [3.63, 3.8) is 0 Å². The Labute approximate surface area is 119 Å². The Balaban J connectivity index is 1.90. The lowest BCUT2D eigenvalue weighted by atomic mass is 9.83. The Morgan fingerprint density at radius 3 is 2.15 bits per heavy atom. The molecule has 0 saturated heterocycles.